The Bertz CT molecular complexity index is 468. The van der Waals surface area contributed by atoms with Crippen LogP contribution in [-0.4, -0.2) is 37.4 Å². The Kier molecular flexibility index (Phi) is 5.71. The number of aliphatic hydroxyl groups excluding tert-OH is 1. The number of ether oxygens (including phenoxy) is 1. The zero-order valence-corrected chi connectivity index (χ0v) is 9.68. The smallest absolute Gasteiger partial charge is 0.254 e. The van der Waals surface area contributed by atoms with Gasteiger partial charge in [0.1, 0.15) is 0 Å². The monoisotopic (exact) mass is 281 g/mol. The Morgan fingerprint density at radius 2 is 1.84 bits per heavy atom. The summed E-state index contributed by atoms with van der Waals surface area (Å²) in [6, 6.07) is 0.275. The van der Waals surface area contributed by atoms with Crippen molar-refractivity contribution in [1.82, 2.24) is 5.32 Å². The summed E-state index contributed by atoms with van der Waals surface area (Å²) in [7, 11) is 0. The molecule has 8 heteroatoms. The van der Waals surface area contributed by atoms with Crippen molar-refractivity contribution in [3.8, 4) is 0 Å². The first-order chi connectivity index (χ1) is 8.99. The van der Waals surface area contributed by atoms with Gasteiger partial charge in [-0.2, -0.15) is 0 Å². The van der Waals surface area contributed by atoms with E-state index in [1.54, 1.807) is 0 Å². The van der Waals surface area contributed by atoms with Crippen LogP contribution >= 0.6 is 0 Å². The predicted octanol–water partition coefficient (Wildman–Crippen LogP) is 0.982. The summed E-state index contributed by atoms with van der Waals surface area (Å²) >= 11 is 0. The molecule has 1 rings (SSSR count). The molecule has 0 saturated heterocycles. The molecule has 1 aromatic rings. The second-order valence-corrected chi connectivity index (χ2v) is 3.44. The van der Waals surface area contributed by atoms with Gasteiger partial charge in [-0.3, -0.25) is 4.79 Å². The normalized spacial score (nSPS) is 10.6. The molecule has 0 aromatic heterocycles. The van der Waals surface area contributed by atoms with Gasteiger partial charge in [-0.05, 0) is 6.07 Å². The largest absolute Gasteiger partial charge is 0.394 e. The van der Waals surface area contributed by atoms with Crippen LogP contribution in [0.2, 0.25) is 0 Å². The number of carbonyl (C=O) groups is 1. The maximum Gasteiger partial charge on any atom is 0.254 e. The minimum atomic E-state index is -2.04. The van der Waals surface area contributed by atoms with E-state index in [4.69, 9.17) is 9.84 Å². The molecule has 0 fully saturated rings. The van der Waals surface area contributed by atoms with Gasteiger partial charge in [-0.25, -0.2) is 17.6 Å². The van der Waals surface area contributed by atoms with Gasteiger partial charge in [0.15, 0.2) is 23.3 Å². The van der Waals surface area contributed by atoms with Crippen molar-refractivity contribution in [2.75, 3.05) is 26.4 Å². The highest BCUT2D eigenvalue weighted by molar-refractivity contribution is 5.94. The fourth-order valence-electron chi connectivity index (χ4n) is 1.24. The molecule has 0 spiro atoms. The number of amides is 1. The first kappa shape index (κ1) is 15.4. The van der Waals surface area contributed by atoms with E-state index in [0.29, 0.717) is 0 Å². The van der Waals surface area contributed by atoms with E-state index >= 15 is 0 Å². The number of nitrogens with one attached hydrogen (secondary N) is 1. The molecule has 106 valence electrons. The maximum absolute atomic E-state index is 13.2. The summed E-state index contributed by atoms with van der Waals surface area (Å²) in [4.78, 5) is 11.4. The summed E-state index contributed by atoms with van der Waals surface area (Å²) < 4.78 is 56.4. The molecule has 1 aromatic carbocycles. The number of hydrogen-bond donors (Lipinski definition) is 2. The molecule has 0 atom stereocenters. The van der Waals surface area contributed by atoms with Crippen LogP contribution in [-0.2, 0) is 4.74 Å². The standard InChI is InChI=1S/C11H11F4NO3/c12-7-5-6(8(13)10(15)9(7)14)11(18)16-1-3-19-4-2-17/h5,17H,1-4H2,(H,16,18). The molecule has 0 heterocycles. The van der Waals surface area contributed by atoms with Crippen LogP contribution in [0.25, 0.3) is 0 Å². The SMILES string of the molecule is O=C(NCCOCCO)c1cc(F)c(F)c(F)c1F. The molecule has 19 heavy (non-hydrogen) atoms. The van der Waals surface area contributed by atoms with Crippen molar-refractivity contribution >= 4 is 5.91 Å². The number of benzene rings is 1. The van der Waals surface area contributed by atoms with Crippen molar-refractivity contribution in [3.63, 3.8) is 0 Å². The molecule has 0 saturated carbocycles. The Hall–Kier alpha value is -1.67. The Balaban J connectivity index is 2.67. The van der Waals surface area contributed by atoms with E-state index in [-0.39, 0.29) is 32.4 Å². The Morgan fingerprint density at radius 1 is 1.16 bits per heavy atom. The molecule has 0 aliphatic heterocycles. The molecule has 1 amide bonds. The second kappa shape index (κ2) is 7.05. The van der Waals surface area contributed by atoms with Gasteiger partial charge in [0, 0.05) is 6.54 Å². The molecule has 4 nitrogen and oxygen atoms in total. The summed E-state index contributed by atoms with van der Waals surface area (Å²) in [5.74, 6) is -8.52. The van der Waals surface area contributed by atoms with Gasteiger partial charge in [0.25, 0.3) is 5.91 Å². The number of hydrogen-bond acceptors (Lipinski definition) is 3. The first-order valence-corrected chi connectivity index (χ1v) is 5.28. The zero-order chi connectivity index (χ0) is 14.4. The lowest BCUT2D eigenvalue weighted by atomic mass is 10.1. The fraction of sp³-hybridized carbons (Fsp3) is 0.364. The van der Waals surface area contributed by atoms with Gasteiger partial charge in [-0.1, -0.05) is 0 Å². The summed E-state index contributed by atoms with van der Waals surface area (Å²) in [6.07, 6.45) is 0. The zero-order valence-electron chi connectivity index (χ0n) is 9.68. The fourth-order valence-corrected chi connectivity index (χ4v) is 1.24. The van der Waals surface area contributed by atoms with E-state index in [2.05, 4.69) is 5.32 Å². The van der Waals surface area contributed by atoms with E-state index in [1.165, 1.54) is 0 Å². The summed E-state index contributed by atoms with van der Waals surface area (Å²) in [5.41, 5.74) is -0.932. The molecule has 0 bridgehead atoms. The van der Waals surface area contributed by atoms with Gasteiger partial charge in [0.05, 0.1) is 25.4 Å². The van der Waals surface area contributed by atoms with Crippen molar-refractivity contribution in [2.24, 2.45) is 0 Å². The number of halogens is 4. The number of aliphatic hydroxyl groups is 1. The highest BCUT2D eigenvalue weighted by atomic mass is 19.2. The topological polar surface area (TPSA) is 58.6 Å². The average Bonchev–Trinajstić information content (AvgIpc) is 2.40. The van der Waals surface area contributed by atoms with Crippen molar-refractivity contribution in [3.05, 3.63) is 34.9 Å². The molecule has 0 aliphatic carbocycles. The lowest BCUT2D eigenvalue weighted by Gasteiger charge is -2.07. The number of rotatable bonds is 6. The summed E-state index contributed by atoms with van der Waals surface area (Å²) in [6.45, 7) is -0.167. The van der Waals surface area contributed by atoms with Crippen LogP contribution in [0.15, 0.2) is 6.07 Å². The maximum atomic E-state index is 13.2. The third kappa shape index (κ3) is 3.90. The summed E-state index contributed by atoms with van der Waals surface area (Å²) in [5, 5.41) is 10.5. The van der Waals surface area contributed by atoms with Crippen LogP contribution in [0, 0.1) is 23.3 Å². The van der Waals surface area contributed by atoms with Crippen molar-refractivity contribution < 1.29 is 32.2 Å². The van der Waals surface area contributed by atoms with E-state index in [0.717, 1.165) is 0 Å². The highest BCUT2D eigenvalue weighted by Crippen LogP contribution is 2.18. The molecule has 2 N–H and O–H groups in total. The average molecular weight is 281 g/mol. The van der Waals surface area contributed by atoms with Gasteiger partial charge >= 0.3 is 0 Å². The van der Waals surface area contributed by atoms with Crippen LogP contribution in [0.5, 0.6) is 0 Å². The van der Waals surface area contributed by atoms with Crippen molar-refractivity contribution in [1.29, 1.82) is 0 Å². The molecule has 0 radical (unpaired) electrons. The van der Waals surface area contributed by atoms with Gasteiger partial charge < -0.3 is 15.2 Å². The van der Waals surface area contributed by atoms with Crippen LogP contribution in [0.1, 0.15) is 10.4 Å². The predicted molar refractivity (Wildman–Crippen MR) is 56.5 cm³/mol. The second-order valence-electron chi connectivity index (χ2n) is 3.44. The van der Waals surface area contributed by atoms with E-state index in [9.17, 15) is 22.4 Å². The minimum absolute atomic E-state index is 0.0279. The first-order valence-electron chi connectivity index (χ1n) is 5.28. The lowest BCUT2D eigenvalue weighted by molar-refractivity contribution is 0.0834. The van der Waals surface area contributed by atoms with Crippen molar-refractivity contribution in [2.45, 2.75) is 0 Å². The van der Waals surface area contributed by atoms with Crippen LogP contribution in [0.4, 0.5) is 17.6 Å². The minimum Gasteiger partial charge on any atom is -0.394 e. The van der Waals surface area contributed by atoms with E-state index in [1.807, 2.05) is 0 Å². The van der Waals surface area contributed by atoms with Crippen LogP contribution in [0.3, 0.4) is 0 Å². The van der Waals surface area contributed by atoms with E-state index < -0.39 is 34.7 Å². The van der Waals surface area contributed by atoms with Gasteiger partial charge in [-0.15, -0.1) is 0 Å². The third-order valence-corrected chi connectivity index (χ3v) is 2.11. The Morgan fingerprint density at radius 3 is 2.47 bits per heavy atom. The molecule has 0 unspecified atom stereocenters. The quantitative estimate of drug-likeness (QED) is 0.354. The van der Waals surface area contributed by atoms with Gasteiger partial charge in [0.2, 0.25) is 0 Å². The highest BCUT2D eigenvalue weighted by Gasteiger charge is 2.22. The van der Waals surface area contributed by atoms with Crippen LogP contribution < -0.4 is 5.32 Å². The third-order valence-electron chi connectivity index (χ3n) is 2.11. The lowest BCUT2D eigenvalue weighted by Crippen LogP contribution is -2.29. The number of carbonyl (C=O) groups excluding carboxylic acids is 1. The molecular weight excluding hydrogens is 270 g/mol. The molecule has 0 aliphatic rings. The molecular formula is C11H11F4NO3. The Labute approximate surface area is 106 Å².